The van der Waals surface area contributed by atoms with Gasteiger partial charge in [0.15, 0.2) is 0 Å². The normalized spacial score (nSPS) is 11.6. The molecular formula is C19H21N7O2. The number of nitrogens with zero attached hydrogens (tertiary/aromatic N) is 3. The molecule has 0 radical (unpaired) electrons. The highest BCUT2D eigenvalue weighted by Crippen LogP contribution is 2.08. The fourth-order valence-electron chi connectivity index (χ4n) is 2.06. The number of guanidine groups is 1. The zero-order valence-electron chi connectivity index (χ0n) is 15.5. The van der Waals surface area contributed by atoms with Gasteiger partial charge in [-0.2, -0.15) is 10.2 Å². The second-order valence-electron chi connectivity index (χ2n) is 5.71. The summed E-state index contributed by atoms with van der Waals surface area (Å²) in [6, 6.07) is 14.2. The largest absolute Gasteiger partial charge is 0.367 e. The highest BCUT2D eigenvalue weighted by atomic mass is 16.2. The number of benzene rings is 2. The van der Waals surface area contributed by atoms with Gasteiger partial charge >= 0.3 is 0 Å². The number of hydrogen-bond acceptors (Lipinski definition) is 5. The van der Waals surface area contributed by atoms with Gasteiger partial charge in [0, 0.05) is 25.2 Å². The molecule has 0 heterocycles. The standard InChI is InChI=1S/C19H21N7O2/c1-13(27)23-17-7-3-15(4-8-17)11-21-25-19(20)26-22-12-16-5-9-18(10-6-16)24-14(2)28/h3-12H,1-2H3,(H,23,27)(H,24,28)(H3,20,25,26)/b21-11+,22-12+. The smallest absolute Gasteiger partial charge is 0.234 e. The van der Waals surface area contributed by atoms with Crippen molar-refractivity contribution in [3.05, 3.63) is 59.7 Å². The maximum Gasteiger partial charge on any atom is 0.234 e. The molecule has 5 N–H and O–H groups in total. The van der Waals surface area contributed by atoms with E-state index in [4.69, 9.17) is 5.73 Å². The fraction of sp³-hybridized carbons (Fsp3) is 0.105. The van der Waals surface area contributed by atoms with Gasteiger partial charge in [0.05, 0.1) is 12.4 Å². The molecule has 0 aromatic heterocycles. The van der Waals surface area contributed by atoms with Crippen LogP contribution in [0.3, 0.4) is 0 Å². The first-order chi connectivity index (χ1) is 13.4. The molecule has 2 amide bonds. The van der Waals surface area contributed by atoms with Crippen molar-refractivity contribution < 1.29 is 9.59 Å². The minimum absolute atomic E-state index is 0.0252. The van der Waals surface area contributed by atoms with Gasteiger partial charge in [-0.1, -0.05) is 24.3 Å². The Hall–Kier alpha value is -4.01. The number of hydrazone groups is 1. The minimum atomic E-state index is -0.130. The number of carbonyl (C=O) groups excluding carboxylic acids is 2. The van der Waals surface area contributed by atoms with Crippen molar-refractivity contribution in [2.24, 2.45) is 21.0 Å². The van der Waals surface area contributed by atoms with E-state index >= 15 is 0 Å². The Kier molecular flexibility index (Phi) is 7.41. The van der Waals surface area contributed by atoms with Crippen LogP contribution in [0, 0.1) is 0 Å². The Balaban J connectivity index is 1.84. The van der Waals surface area contributed by atoms with Gasteiger partial charge in [0.1, 0.15) is 0 Å². The summed E-state index contributed by atoms with van der Waals surface area (Å²) in [5.74, 6) is -0.234. The van der Waals surface area contributed by atoms with E-state index in [2.05, 4.69) is 31.4 Å². The molecule has 0 atom stereocenters. The molecule has 28 heavy (non-hydrogen) atoms. The van der Waals surface area contributed by atoms with Crippen LogP contribution >= 0.6 is 0 Å². The van der Waals surface area contributed by atoms with Gasteiger partial charge in [-0.3, -0.25) is 9.59 Å². The zero-order valence-corrected chi connectivity index (χ0v) is 15.5. The number of rotatable bonds is 6. The lowest BCUT2D eigenvalue weighted by Crippen LogP contribution is -2.26. The van der Waals surface area contributed by atoms with Crippen LogP contribution in [0.1, 0.15) is 25.0 Å². The van der Waals surface area contributed by atoms with Gasteiger partial charge in [-0.05, 0) is 35.4 Å². The van der Waals surface area contributed by atoms with E-state index in [1.54, 1.807) is 54.7 Å². The Morgan fingerprint density at radius 2 is 1.29 bits per heavy atom. The van der Waals surface area contributed by atoms with E-state index in [0.717, 1.165) is 11.1 Å². The second kappa shape index (κ2) is 10.2. The summed E-state index contributed by atoms with van der Waals surface area (Å²) in [5, 5.41) is 17.0. The maximum atomic E-state index is 11.0. The minimum Gasteiger partial charge on any atom is -0.367 e. The molecule has 0 bridgehead atoms. The van der Waals surface area contributed by atoms with Crippen molar-refractivity contribution in [1.29, 1.82) is 0 Å². The van der Waals surface area contributed by atoms with E-state index < -0.39 is 0 Å². The molecule has 0 aliphatic heterocycles. The van der Waals surface area contributed by atoms with Gasteiger partial charge in [0.2, 0.25) is 17.8 Å². The lowest BCUT2D eigenvalue weighted by molar-refractivity contribution is -0.115. The zero-order chi connectivity index (χ0) is 20.4. The number of nitrogens with two attached hydrogens (primary N) is 1. The number of carbonyl (C=O) groups is 2. The highest BCUT2D eigenvalue weighted by molar-refractivity contribution is 5.90. The fourth-order valence-corrected chi connectivity index (χ4v) is 2.06. The summed E-state index contributed by atoms with van der Waals surface area (Å²) < 4.78 is 0. The molecule has 144 valence electrons. The third kappa shape index (κ3) is 7.48. The number of anilines is 2. The molecule has 9 nitrogen and oxygen atoms in total. The van der Waals surface area contributed by atoms with Crippen LogP contribution in [0.2, 0.25) is 0 Å². The second-order valence-corrected chi connectivity index (χ2v) is 5.71. The molecule has 9 heteroatoms. The Morgan fingerprint density at radius 3 is 1.75 bits per heavy atom. The van der Waals surface area contributed by atoms with Crippen LogP contribution in [0.5, 0.6) is 0 Å². The molecule has 0 fully saturated rings. The van der Waals surface area contributed by atoms with Gasteiger partial charge in [-0.25, -0.2) is 5.43 Å². The van der Waals surface area contributed by atoms with Crippen molar-refractivity contribution in [3.63, 3.8) is 0 Å². The predicted octanol–water partition coefficient (Wildman–Crippen LogP) is 1.88. The van der Waals surface area contributed by atoms with Crippen LogP contribution in [0.4, 0.5) is 11.4 Å². The van der Waals surface area contributed by atoms with Crippen molar-refractivity contribution in [2.45, 2.75) is 13.8 Å². The molecule has 0 saturated heterocycles. The van der Waals surface area contributed by atoms with Crippen LogP contribution in [0.15, 0.2) is 63.8 Å². The summed E-state index contributed by atoms with van der Waals surface area (Å²) in [4.78, 5) is 21.9. The molecule has 0 spiro atoms. The molecule has 2 aromatic rings. The van der Waals surface area contributed by atoms with Crippen molar-refractivity contribution in [2.75, 3.05) is 10.6 Å². The summed E-state index contributed by atoms with van der Waals surface area (Å²) in [5.41, 5.74) is 11.3. The Labute approximate surface area is 162 Å². The SMILES string of the molecule is CC(=O)Nc1ccc(/C=N/N=C(N)N/N=C/c2ccc(NC(C)=O)cc2)cc1. The molecule has 2 aromatic carbocycles. The van der Waals surface area contributed by atoms with E-state index in [1.807, 2.05) is 0 Å². The Bertz CT molecular complexity index is 901. The predicted molar refractivity (Wildman–Crippen MR) is 111 cm³/mol. The van der Waals surface area contributed by atoms with Crippen LogP contribution in [-0.2, 0) is 9.59 Å². The quantitative estimate of drug-likeness (QED) is 0.346. The number of nitrogens with one attached hydrogen (secondary N) is 3. The van der Waals surface area contributed by atoms with E-state index in [9.17, 15) is 9.59 Å². The highest BCUT2D eigenvalue weighted by Gasteiger charge is 1.96. The number of amides is 2. The van der Waals surface area contributed by atoms with Crippen molar-refractivity contribution in [1.82, 2.24) is 5.43 Å². The summed E-state index contributed by atoms with van der Waals surface area (Å²) in [6.45, 7) is 2.90. The van der Waals surface area contributed by atoms with E-state index in [-0.39, 0.29) is 17.8 Å². The first-order valence-corrected chi connectivity index (χ1v) is 8.33. The molecule has 0 aliphatic carbocycles. The molecule has 0 unspecified atom stereocenters. The molecule has 2 rings (SSSR count). The van der Waals surface area contributed by atoms with Crippen LogP contribution < -0.4 is 21.8 Å². The van der Waals surface area contributed by atoms with Gasteiger partial charge < -0.3 is 16.4 Å². The molecule has 0 aliphatic rings. The number of hydrogen-bond donors (Lipinski definition) is 4. The summed E-state index contributed by atoms with van der Waals surface area (Å²) in [7, 11) is 0. The summed E-state index contributed by atoms with van der Waals surface area (Å²) >= 11 is 0. The topological polar surface area (TPSA) is 133 Å². The van der Waals surface area contributed by atoms with Gasteiger partial charge in [-0.15, -0.1) is 5.10 Å². The van der Waals surface area contributed by atoms with E-state index in [1.165, 1.54) is 20.1 Å². The van der Waals surface area contributed by atoms with Crippen LogP contribution in [0.25, 0.3) is 0 Å². The lowest BCUT2D eigenvalue weighted by atomic mass is 10.2. The molecule has 0 saturated carbocycles. The first kappa shape index (κ1) is 20.3. The maximum absolute atomic E-state index is 11.0. The summed E-state index contributed by atoms with van der Waals surface area (Å²) in [6.07, 6.45) is 3.08. The average Bonchev–Trinajstić information content (AvgIpc) is 2.64. The third-order valence-corrected chi connectivity index (χ3v) is 3.23. The van der Waals surface area contributed by atoms with E-state index in [0.29, 0.717) is 11.4 Å². The van der Waals surface area contributed by atoms with Crippen molar-refractivity contribution in [3.8, 4) is 0 Å². The van der Waals surface area contributed by atoms with Gasteiger partial charge in [0.25, 0.3) is 0 Å². The molecular weight excluding hydrogens is 358 g/mol. The average molecular weight is 379 g/mol. The third-order valence-electron chi connectivity index (χ3n) is 3.23. The lowest BCUT2D eigenvalue weighted by Gasteiger charge is -2.01. The first-order valence-electron chi connectivity index (χ1n) is 8.33. The van der Waals surface area contributed by atoms with Crippen molar-refractivity contribution >= 4 is 41.6 Å². The van der Waals surface area contributed by atoms with Crippen LogP contribution in [-0.4, -0.2) is 30.2 Å². The Morgan fingerprint density at radius 1 is 0.821 bits per heavy atom. The monoisotopic (exact) mass is 379 g/mol.